The molecule has 0 amide bonds. The Hall–Kier alpha value is -2.46. The number of carbonyl (C=O) groups excluding carboxylic acids is 1. The van der Waals surface area contributed by atoms with Crippen molar-refractivity contribution in [2.75, 3.05) is 34.3 Å². The summed E-state index contributed by atoms with van der Waals surface area (Å²) in [5.41, 5.74) is -1.94. The van der Waals surface area contributed by atoms with Crippen molar-refractivity contribution in [3.63, 3.8) is 0 Å². The summed E-state index contributed by atoms with van der Waals surface area (Å²) >= 11 is 0. The van der Waals surface area contributed by atoms with Gasteiger partial charge in [0.25, 0.3) is 5.56 Å². The second-order valence-corrected chi connectivity index (χ2v) is 5.59. The van der Waals surface area contributed by atoms with Gasteiger partial charge in [-0.2, -0.15) is 0 Å². The highest BCUT2D eigenvalue weighted by Gasteiger charge is 2.12. The molecule has 0 unspecified atom stereocenters. The zero-order valence-electron chi connectivity index (χ0n) is 12.9. The van der Waals surface area contributed by atoms with Gasteiger partial charge < -0.3 is 24.5 Å². The van der Waals surface area contributed by atoms with E-state index >= 15 is 0 Å². The number of nitrogens with one attached hydrogen (secondary N) is 1. The Balaban J connectivity index is 0.000000295. The predicted molar refractivity (Wildman–Crippen MR) is 76.4 cm³/mol. The summed E-state index contributed by atoms with van der Waals surface area (Å²) in [5, 5.41) is 19.1. The van der Waals surface area contributed by atoms with Crippen molar-refractivity contribution in [2.45, 2.75) is 0 Å². The first-order chi connectivity index (χ1) is 10.1. The lowest BCUT2D eigenvalue weighted by Crippen LogP contribution is -2.45. The maximum atomic E-state index is 11.5. The molecule has 2 aromatic heterocycles. The van der Waals surface area contributed by atoms with Crippen LogP contribution < -0.4 is 16.4 Å². The first-order valence-corrected chi connectivity index (χ1v) is 6.38. The van der Waals surface area contributed by atoms with Gasteiger partial charge in [0.05, 0.1) is 34.1 Å². The van der Waals surface area contributed by atoms with Crippen LogP contribution in [0, 0.1) is 0 Å². The molecule has 0 fully saturated rings. The molecule has 0 saturated heterocycles. The molecule has 2 N–H and O–H groups in total. The van der Waals surface area contributed by atoms with Crippen LogP contribution in [0.15, 0.2) is 15.9 Å². The minimum atomic E-state index is -1.73. The minimum Gasteiger partial charge on any atom is -0.529 e. The summed E-state index contributed by atoms with van der Waals surface area (Å²) < 4.78 is 1.81. The summed E-state index contributed by atoms with van der Waals surface area (Å²) in [5.74, 6) is 0. The Morgan fingerprint density at radius 3 is 2.41 bits per heavy atom. The number of aliphatic hydroxyl groups is 1. The van der Waals surface area contributed by atoms with Crippen LogP contribution in [0.1, 0.15) is 0 Å². The Bertz CT molecular complexity index is 780. The summed E-state index contributed by atoms with van der Waals surface area (Å²) in [6, 6.07) is 0. The lowest BCUT2D eigenvalue weighted by atomic mass is 10.5. The predicted octanol–water partition coefficient (Wildman–Crippen LogP) is -2.70. The number of H-pyrrole nitrogens is 1. The molecule has 0 saturated carbocycles. The van der Waals surface area contributed by atoms with Crippen LogP contribution in [0.2, 0.25) is 0 Å². The third-order valence-corrected chi connectivity index (χ3v) is 2.78. The van der Waals surface area contributed by atoms with E-state index < -0.39 is 17.3 Å². The standard InChI is InChI=1S/C7H6N4O4.C5H14NO/c1-10-5(12)3-4(9-2-8-3)11(6(10)13)7(14)15;1-6(2,3)4-5-7/h2H,1H3,(H,8,9)(H,14,15);7H,4-5H2,1-3H3/q;+1/p-1. The Morgan fingerprint density at radius 1 is 1.41 bits per heavy atom. The largest absolute Gasteiger partial charge is 0.529 e. The second kappa shape index (κ2) is 6.54. The molecule has 122 valence electrons. The number of rotatable bonds is 2. The summed E-state index contributed by atoms with van der Waals surface area (Å²) in [6.45, 7) is 1.11. The molecule has 0 aliphatic heterocycles. The number of imidazole rings is 1. The van der Waals surface area contributed by atoms with Crippen molar-refractivity contribution in [3.05, 3.63) is 27.2 Å². The fourth-order valence-corrected chi connectivity index (χ4v) is 1.57. The van der Waals surface area contributed by atoms with Crippen LogP contribution in [0.5, 0.6) is 0 Å². The van der Waals surface area contributed by atoms with Crippen molar-refractivity contribution in [1.29, 1.82) is 0 Å². The van der Waals surface area contributed by atoms with Gasteiger partial charge in [0.1, 0.15) is 12.1 Å². The highest BCUT2D eigenvalue weighted by molar-refractivity contribution is 5.80. The van der Waals surface area contributed by atoms with Gasteiger partial charge in [0.2, 0.25) is 0 Å². The second-order valence-electron chi connectivity index (χ2n) is 5.59. The lowest BCUT2D eigenvalue weighted by molar-refractivity contribution is -0.870. The van der Waals surface area contributed by atoms with Crippen LogP contribution in [-0.2, 0) is 7.05 Å². The summed E-state index contributed by atoms with van der Waals surface area (Å²) in [4.78, 5) is 39.6. The number of aromatic amines is 1. The van der Waals surface area contributed by atoms with E-state index in [4.69, 9.17) is 5.11 Å². The average molecular weight is 313 g/mol. The van der Waals surface area contributed by atoms with Crippen molar-refractivity contribution in [1.82, 2.24) is 19.1 Å². The molecule has 0 radical (unpaired) electrons. The van der Waals surface area contributed by atoms with Crippen LogP contribution in [0.3, 0.4) is 0 Å². The van der Waals surface area contributed by atoms with E-state index in [1.54, 1.807) is 0 Å². The quantitative estimate of drug-likeness (QED) is 0.580. The highest BCUT2D eigenvalue weighted by Crippen LogP contribution is 1.99. The number of quaternary nitrogens is 1. The molecule has 0 spiro atoms. The van der Waals surface area contributed by atoms with Crippen molar-refractivity contribution in [2.24, 2.45) is 7.05 Å². The number of likely N-dealkylation sites (N-methyl/N-ethyl adjacent to an activating group) is 1. The maximum absolute atomic E-state index is 11.5. The van der Waals surface area contributed by atoms with E-state index in [-0.39, 0.29) is 17.8 Å². The maximum Gasteiger partial charge on any atom is 0.338 e. The molecule has 2 rings (SSSR count). The van der Waals surface area contributed by atoms with E-state index in [1.807, 2.05) is 0 Å². The number of carbonyl (C=O) groups is 1. The average Bonchev–Trinajstić information content (AvgIpc) is 2.84. The topological polar surface area (TPSA) is 133 Å². The number of carboxylic acid groups (broad SMARTS) is 1. The van der Waals surface area contributed by atoms with Crippen molar-refractivity contribution < 1.29 is 19.5 Å². The van der Waals surface area contributed by atoms with Gasteiger partial charge >= 0.3 is 5.69 Å². The zero-order valence-corrected chi connectivity index (χ0v) is 12.9. The Morgan fingerprint density at radius 2 is 2.00 bits per heavy atom. The van der Waals surface area contributed by atoms with Gasteiger partial charge in [-0.3, -0.25) is 9.36 Å². The van der Waals surface area contributed by atoms with Crippen molar-refractivity contribution in [3.8, 4) is 0 Å². The third kappa shape index (κ3) is 3.80. The zero-order chi connectivity index (χ0) is 17.1. The van der Waals surface area contributed by atoms with Gasteiger partial charge in [-0.25, -0.2) is 14.3 Å². The number of hydrogen-bond donors (Lipinski definition) is 2. The fraction of sp³-hybridized carbons (Fsp3) is 0.500. The Labute approximate surface area is 125 Å². The molecule has 10 nitrogen and oxygen atoms in total. The number of aliphatic hydroxyl groups excluding tert-OH is 1. The molecule has 0 aliphatic rings. The fourth-order valence-electron chi connectivity index (χ4n) is 1.57. The first kappa shape index (κ1) is 17.6. The van der Waals surface area contributed by atoms with Gasteiger partial charge in [0, 0.05) is 7.05 Å². The van der Waals surface area contributed by atoms with E-state index in [9.17, 15) is 19.5 Å². The van der Waals surface area contributed by atoms with Gasteiger partial charge in [-0.05, 0) is 0 Å². The third-order valence-electron chi connectivity index (χ3n) is 2.78. The normalized spacial score (nSPS) is 11.1. The molecule has 2 aromatic rings. The van der Waals surface area contributed by atoms with Crippen LogP contribution in [-0.4, -0.2) is 69.1 Å². The summed E-state index contributed by atoms with van der Waals surface area (Å²) in [6.07, 6.45) is -0.599. The molecule has 0 atom stereocenters. The van der Waals surface area contributed by atoms with Gasteiger partial charge in [-0.15, -0.1) is 0 Å². The molecular weight excluding hydrogens is 294 g/mol. The van der Waals surface area contributed by atoms with Crippen LogP contribution >= 0.6 is 0 Å². The number of fused-ring (bicyclic) bond motifs is 1. The smallest absolute Gasteiger partial charge is 0.338 e. The molecule has 0 aromatic carbocycles. The van der Waals surface area contributed by atoms with E-state index in [0.29, 0.717) is 9.13 Å². The first-order valence-electron chi connectivity index (χ1n) is 6.38. The number of aromatic nitrogens is 4. The Kier molecular flexibility index (Phi) is 5.23. The van der Waals surface area contributed by atoms with Gasteiger partial charge in [0.15, 0.2) is 11.7 Å². The number of nitrogens with zero attached hydrogens (tertiary/aromatic N) is 4. The minimum absolute atomic E-state index is 0.0544. The molecule has 22 heavy (non-hydrogen) atoms. The molecule has 10 heteroatoms. The SMILES string of the molecule is C[N+](C)(C)CCO.Cn1c(=O)c2[nH]cnc2n(C(=O)[O-])c1=O. The monoisotopic (exact) mass is 313 g/mol. The van der Waals surface area contributed by atoms with Gasteiger partial charge in [-0.1, -0.05) is 0 Å². The molecule has 0 aliphatic carbocycles. The van der Waals surface area contributed by atoms with E-state index in [2.05, 4.69) is 31.1 Å². The number of hydrogen-bond acceptors (Lipinski definition) is 6. The lowest BCUT2D eigenvalue weighted by Gasteiger charge is -2.21. The molecule has 2 heterocycles. The summed E-state index contributed by atoms with van der Waals surface area (Å²) in [7, 11) is 7.33. The van der Waals surface area contributed by atoms with Crippen LogP contribution in [0.25, 0.3) is 11.2 Å². The van der Waals surface area contributed by atoms with Crippen LogP contribution in [0.4, 0.5) is 4.79 Å². The molecule has 0 bridgehead atoms. The van der Waals surface area contributed by atoms with E-state index in [0.717, 1.165) is 17.4 Å². The molecular formula is C12H19N5O5. The van der Waals surface area contributed by atoms with Crippen molar-refractivity contribution >= 4 is 17.3 Å². The van der Waals surface area contributed by atoms with E-state index in [1.165, 1.54) is 7.05 Å². The highest BCUT2D eigenvalue weighted by atomic mass is 16.4.